The molecule has 2 aliphatic rings. The predicted octanol–water partition coefficient (Wildman–Crippen LogP) is 2.15. The minimum atomic E-state index is -0.0684. The second-order valence-corrected chi connectivity index (χ2v) is 4.41. The minimum absolute atomic E-state index is 0.0684. The molecule has 2 heterocycles. The van der Waals surface area contributed by atoms with Gasteiger partial charge in [-0.15, -0.1) is 0 Å². The van der Waals surface area contributed by atoms with Crippen molar-refractivity contribution in [3.63, 3.8) is 0 Å². The van der Waals surface area contributed by atoms with Gasteiger partial charge in [-0.2, -0.15) is 0 Å². The molecule has 16 heavy (non-hydrogen) atoms. The van der Waals surface area contributed by atoms with Crippen molar-refractivity contribution < 1.29 is 4.79 Å². The Morgan fingerprint density at radius 3 is 2.50 bits per heavy atom. The molecule has 0 amide bonds. The summed E-state index contributed by atoms with van der Waals surface area (Å²) in [4.78, 5) is 16.2. The molecule has 0 aliphatic carbocycles. The largest absolute Gasteiger partial charge is 0.329 e. The molecule has 0 N–H and O–H groups in total. The summed E-state index contributed by atoms with van der Waals surface area (Å²) in [6, 6.07) is 8.13. The molecule has 0 saturated heterocycles. The van der Waals surface area contributed by atoms with E-state index in [1.54, 1.807) is 0 Å². The van der Waals surface area contributed by atoms with Gasteiger partial charge in [0.25, 0.3) is 0 Å². The van der Waals surface area contributed by atoms with E-state index in [9.17, 15) is 4.79 Å². The fourth-order valence-electron chi connectivity index (χ4n) is 2.71. The molecule has 3 rings (SSSR count). The molecular weight excluding hydrogens is 200 g/mol. The van der Waals surface area contributed by atoms with Crippen LogP contribution in [0.3, 0.4) is 0 Å². The molecule has 2 aliphatic heterocycles. The van der Waals surface area contributed by atoms with Crippen molar-refractivity contribution in [1.29, 1.82) is 0 Å². The maximum absolute atomic E-state index is 11.9. The SMILES string of the molecule is CC1=C2N(C)c3ccccc3N2C(C)C1=O. The second-order valence-electron chi connectivity index (χ2n) is 4.41. The van der Waals surface area contributed by atoms with Gasteiger partial charge >= 0.3 is 0 Å². The number of anilines is 2. The monoisotopic (exact) mass is 214 g/mol. The van der Waals surface area contributed by atoms with E-state index < -0.39 is 0 Å². The predicted molar refractivity (Wildman–Crippen MR) is 64.5 cm³/mol. The number of nitrogens with zero attached hydrogens (tertiary/aromatic N) is 2. The van der Waals surface area contributed by atoms with Gasteiger partial charge in [-0.25, -0.2) is 0 Å². The van der Waals surface area contributed by atoms with Crippen LogP contribution in [-0.2, 0) is 4.79 Å². The van der Waals surface area contributed by atoms with E-state index in [-0.39, 0.29) is 11.8 Å². The topological polar surface area (TPSA) is 23.6 Å². The maximum Gasteiger partial charge on any atom is 0.184 e. The lowest BCUT2D eigenvalue weighted by Crippen LogP contribution is -2.31. The van der Waals surface area contributed by atoms with Gasteiger partial charge in [0.05, 0.1) is 17.4 Å². The van der Waals surface area contributed by atoms with Crippen LogP contribution in [0.15, 0.2) is 35.7 Å². The lowest BCUT2D eigenvalue weighted by Gasteiger charge is -2.20. The number of Topliss-reactive ketones (excluding diaryl/α,β-unsaturated/α-hetero) is 1. The quantitative estimate of drug-likeness (QED) is 0.661. The van der Waals surface area contributed by atoms with Gasteiger partial charge < -0.3 is 9.80 Å². The third-order valence-corrected chi connectivity index (χ3v) is 3.52. The Morgan fingerprint density at radius 2 is 1.81 bits per heavy atom. The van der Waals surface area contributed by atoms with E-state index in [0.29, 0.717) is 0 Å². The summed E-state index contributed by atoms with van der Waals surface area (Å²) in [6.45, 7) is 3.88. The molecule has 3 nitrogen and oxygen atoms in total. The van der Waals surface area contributed by atoms with Gasteiger partial charge in [0, 0.05) is 12.6 Å². The normalized spacial score (nSPS) is 22.9. The Hall–Kier alpha value is -1.77. The van der Waals surface area contributed by atoms with E-state index >= 15 is 0 Å². The molecule has 0 fully saturated rings. The van der Waals surface area contributed by atoms with Crippen molar-refractivity contribution in [3.8, 4) is 0 Å². The number of fused-ring (bicyclic) bond motifs is 3. The Labute approximate surface area is 95.0 Å². The zero-order valence-corrected chi connectivity index (χ0v) is 9.69. The van der Waals surface area contributed by atoms with Crippen molar-refractivity contribution in [3.05, 3.63) is 35.7 Å². The highest BCUT2D eigenvalue weighted by atomic mass is 16.1. The van der Waals surface area contributed by atoms with Gasteiger partial charge in [-0.3, -0.25) is 4.79 Å². The number of ketones is 1. The Kier molecular flexibility index (Phi) is 1.70. The Morgan fingerprint density at radius 1 is 1.19 bits per heavy atom. The summed E-state index contributed by atoms with van der Waals surface area (Å²) < 4.78 is 0. The number of carbonyl (C=O) groups excluding carboxylic acids is 1. The number of hydrogen-bond acceptors (Lipinski definition) is 3. The smallest absolute Gasteiger partial charge is 0.184 e. The third kappa shape index (κ3) is 0.907. The van der Waals surface area contributed by atoms with Crippen LogP contribution >= 0.6 is 0 Å². The highest BCUT2D eigenvalue weighted by molar-refractivity contribution is 6.09. The molecule has 1 aromatic carbocycles. The first-order chi connectivity index (χ1) is 7.63. The molecule has 0 radical (unpaired) electrons. The molecule has 0 spiro atoms. The Balaban J connectivity index is 2.26. The molecular formula is C13H14N2O. The van der Waals surface area contributed by atoms with Crippen molar-refractivity contribution >= 4 is 17.2 Å². The summed E-state index contributed by atoms with van der Waals surface area (Å²) in [5, 5.41) is 0. The zero-order chi connectivity index (χ0) is 11.4. The van der Waals surface area contributed by atoms with E-state index in [4.69, 9.17) is 0 Å². The lowest BCUT2D eigenvalue weighted by atomic mass is 10.1. The molecule has 82 valence electrons. The molecule has 0 bridgehead atoms. The van der Waals surface area contributed by atoms with Crippen LogP contribution < -0.4 is 9.80 Å². The van der Waals surface area contributed by atoms with Crippen molar-refractivity contribution in [2.75, 3.05) is 16.8 Å². The maximum atomic E-state index is 11.9. The number of rotatable bonds is 0. The zero-order valence-electron chi connectivity index (χ0n) is 9.69. The van der Waals surface area contributed by atoms with Crippen molar-refractivity contribution in [2.24, 2.45) is 0 Å². The number of carbonyl (C=O) groups is 1. The van der Waals surface area contributed by atoms with Crippen LogP contribution in [-0.4, -0.2) is 18.9 Å². The molecule has 3 heteroatoms. The fraction of sp³-hybridized carbons (Fsp3) is 0.308. The minimum Gasteiger partial charge on any atom is -0.329 e. The van der Waals surface area contributed by atoms with Crippen molar-refractivity contribution in [2.45, 2.75) is 19.9 Å². The van der Waals surface area contributed by atoms with Gasteiger partial charge in [-0.05, 0) is 26.0 Å². The van der Waals surface area contributed by atoms with Gasteiger partial charge in [0.1, 0.15) is 5.82 Å². The van der Waals surface area contributed by atoms with Gasteiger partial charge in [0.15, 0.2) is 5.78 Å². The standard InChI is InChI=1S/C13H14N2O/c1-8-12(16)9(2)15-11-7-5-4-6-10(11)14(3)13(8)15/h4-7,9H,1-3H3. The van der Waals surface area contributed by atoms with Gasteiger partial charge in [-0.1, -0.05) is 12.1 Å². The fourth-order valence-corrected chi connectivity index (χ4v) is 2.71. The van der Waals surface area contributed by atoms with Crippen LogP contribution in [0.4, 0.5) is 11.4 Å². The summed E-state index contributed by atoms with van der Waals surface area (Å²) in [6.07, 6.45) is 0. The van der Waals surface area contributed by atoms with Crippen LogP contribution in [0.5, 0.6) is 0 Å². The van der Waals surface area contributed by atoms with Crippen molar-refractivity contribution in [1.82, 2.24) is 0 Å². The van der Waals surface area contributed by atoms with E-state index in [2.05, 4.69) is 21.9 Å². The first kappa shape index (κ1) is 9.46. The molecule has 0 aromatic heterocycles. The average Bonchev–Trinajstić information content (AvgIpc) is 2.71. The first-order valence-corrected chi connectivity index (χ1v) is 5.50. The summed E-state index contributed by atoms with van der Waals surface area (Å²) in [5.74, 6) is 1.27. The second kappa shape index (κ2) is 2.88. The number of hydrogen-bond donors (Lipinski definition) is 0. The van der Waals surface area contributed by atoms with E-state index in [0.717, 1.165) is 17.1 Å². The lowest BCUT2D eigenvalue weighted by molar-refractivity contribution is -0.115. The average molecular weight is 214 g/mol. The number of benzene rings is 1. The molecule has 1 unspecified atom stereocenters. The highest BCUT2D eigenvalue weighted by Crippen LogP contribution is 2.46. The van der Waals surface area contributed by atoms with Gasteiger partial charge in [0.2, 0.25) is 0 Å². The van der Waals surface area contributed by atoms with Crippen LogP contribution in [0.2, 0.25) is 0 Å². The third-order valence-electron chi connectivity index (χ3n) is 3.52. The van der Waals surface area contributed by atoms with Crippen LogP contribution in [0.1, 0.15) is 13.8 Å². The molecule has 1 atom stereocenters. The number of para-hydroxylation sites is 2. The highest BCUT2D eigenvalue weighted by Gasteiger charge is 2.42. The van der Waals surface area contributed by atoms with Crippen LogP contribution in [0, 0.1) is 0 Å². The summed E-state index contributed by atoms with van der Waals surface area (Å²) >= 11 is 0. The first-order valence-electron chi connectivity index (χ1n) is 5.50. The van der Waals surface area contributed by atoms with Crippen LogP contribution in [0.25, 0.3) is 0 Å². The molecule has 0 saturated carbocycles. The summed E-state index contributed by atoms with van der Waals surface area (Å²) in [5.41, 5.74) is 3.18. The van der Waals surface area contributed by atoms with E-state index in [1.165, 1.54) is 5.69 Å². The Bertz CT molecular complexity index is 518. The molecule has 1 aromatic rings. The van der Waals surface area contributed by atoms with E-state index in [1.807, 2.05) is 33.0 Å². The summed E-state index contributed by atoms with van der Waals surface area (Å²) in [7, 11) is 2.02.